The molecule has 2 atom stereocenters. The maximum Gasteiger partial charge on any atom is 0.0207 e. The fourth-order valence-electron chi connectivity index (χ4n) is 3.85. The largest absolute Gasteiger partial charge is 0.311 e. The molecule has 2 aliphatic rings. The fourth-order valence-corrected chi connectivity index (χ4v) is 3.85. The average Bonchev–Trinajstić information content (AvgIpc) is 2.30. The average molecular weight is 238 g/mol. The van der Waals surface area contributed by atoms with E-state index in [1.807, 2.05) is 0 Å². The zero-order valence-corrected chi connectivity index (χ0v) is 12.0. The third-order valence-electron chi connectivity index (χ3n) is 5.01. The van der Waals surface area contributed by atoms with Gasteiger partial charge in [-0.25, -0.2) is 0 Å². The van der Waals surface area contributed by atoms with E-state index in [0.717, 1.165) is 11.8 Å². The Morgan fingerprint density at radius 3 is 2.71 bits per heavy atom. The summed E-state index contributed by atoms with van der Waals surface area (Å²) in [6.07, 6.45) is 8.43. The van der Waals surface area contributed by atoms with Gasteiger partial charge in [-0.3, -0.25) is 0 Å². The van der Waals surface area contributed by atoms with Crippen LogP contribution in [0.3, 0.4) is 0 Å². The Morgan fingerprint density at radius 1 is 1.29 bits per heavy atom. The molecule has 2 heteroatoms. The predicted octanol–water partition coefficient (Wildman–Crippen LogP) is 2.89. The van der Waals surface area contributed by atoms with Gasteiger partial charge in [-0.2, -0.15) is 0 Å². The zero-order valence-electron chi connectivity index (χ0n) is 12.0. The highest BCUT2D eigenvalue weighted by molar-refractivity contribution is 4.96. The van der Waals surface area contributed by atoms with Gasteiger partial charge in [0.05, 0.1) is 0 Å². The highest BCUT2D eigenvalue weighted by atomic mass is 15.1. The van der Waals surface area contributed by atoms with Crippen LogP contribution >= 0.6 is 0 Å². The number of hydrogen-bond donors (Lipinski definition) is 1. The molecule has 2 nitrogen and oxygen atoms in total. The van der Waals surface area contributed by atoms with Crippen molar-refractivity contribution in [1.82, 2.24) is 10.2 Å². The molecule has 0 spiro atoms. The number of rotatable bonds is 3. The minimum Gasteiger partial charge on any atom is -0.311 e. The van der Waals surface area contributed by atoms with Gasteiger partial charge < -0.3 is 10.2 Å². The summed E-state index contributed by atoms with van der Waals surface area (Å²) >= 11 is 0. The second kappa shape index (κ2) is 5.71. The van der Waals surface area contributed by atoms with E-state index in [-0.39, 0.29) is 0 Å². The molecule has 0 radical (unpaired) electrons. The molecule has 0 aromatic carbocycles. The van der Waals surface area contributed by atoms with Crippen LogP contribution in [0.2, 0.25) is 0 Å². The van der Waals surface area contributed by atoms with E-state index in [1.54, 1.807) is 0 Å². The lowest BCUT2D eigenvalue weighted by Gasteiger charge is -2.45. The van der Waals surface area contributed by atoms with Gasteiger partial charge in [0.2, 0.25) is 0 Å². The normalized spacial score (nSPS) is 36.4. The summed E-state index contributed by atoms with van der Waals surface area (Å²) in [4.78, 5) is 2.52. The molecule has 2 heterocycles. The molecule has 2 saturated heterocycles. The summed E-state index contributed by atoms with van der Waals surface area (Å²) in [7, 11) is 2.28. The maximum absolute atomic E-state index is 3.88. The van der Waals surface area contributed by atoms with Crippen molar-refractivity contribution in [1.29, 1.82) is 0 Å². The van der Waals surface area contributed by atoms with Crippen molar-refractivity contribution in [2.45, 2.75) is 57.9 Å². The minimum atomic E-state index is 0.446. The molecular formula is C15H30N2. The zero-order chi connectivity index (χ0) is 12.3. The third kappa shape index (κ3) is 3.23. The molecule has 2 rings (SSSR count). The number of nitrogens with one attached hydrogen (secondary N) is 1. The molecule has 2 unspecified atom stereocenters. The third-order valence-corrected chi connectivity index (χ3v) is 5.01. The fraction of sp³-hybridized carbons (Fsp3) is 1.00. The van der Waals surface area contributed by atoms with E-state index in [4.69, 9.17) is 0 Å². The molecule has 0 aromatic heterocycles. The second-order valence-corrected chi connectivity index (χ2v) is 6.67. The Morgan fingerprint density at radius 2 is 2.12 bits per heavy atom. The summed E-state index contributed by atoms with van der Waals surface area (Å²) < 4.78 is 0. The first kappa shape index (κ1) is 13.4. The lowest BCUT2D eigenvalue weighted by Crippen LogP contribution is -2.54. The van der Waals surface area contributed by atoms with E-state index in [2.05, 4.69) is 31.1 Å². The highest BCUT2D eigenvalue weighted by Crippen LogP contribution is 2.35. The summed E-state index contributed by atoms with van der Waals surface area (Å²) in [5.41, 5.74) is 0.446. The first-order valence-corrected chi connectivity index (χ1v) is 7.56. The summed E-state index contributed by atoms with van der Waals surface area (Å²) in [6, 6.07) is 0. The van der Waals surface area contributed by atoms with E-state index in [9.17, 15) is 0 Å². The van der Waals surface area contributed by atoms with Crippen molar-refractivity contribution in [2.75, 3.05) is 26.7 Å². The Bertz CT molecular complexity index is 231. The van der Waals surface area contributed by atoms with Gasteiger partial charge in [0.1, 0.15) is 0 Å². The lowest BCUT2D eigenvalue weighted by atomic mass is 9.72. The van der Waals surface area contributed by atoms with Crippen LogP contribution < -0.4 is 5.32 Å². The van der Waals surface area contributed by atoms with Crippen LogP contribution in [0.25, 0.3) is 0 Å². The quantitative estimate of drug-likeness (QED) is 0.813. The monoisotopic (exact) mass is 238 g/mol. The second-order valence-electron chi connectivity index (χ2n) is 6.67. The summed E-state index contributed by atoms with van der Waals surface area (Å²) in [5.74, 6) is 1.69. The van der Waals surface area contributed by atoms with Gasteiger partial charge in [0.25, 0.3) is 0 Å². The van der Waals surface area contributed by atoms with E-state index in [0.29, 0.717) is 5.54 Å². The molecule has 0 aliphatic carbocycles. The van der Waals surface area contributed by atoms with Gasteiger partial charge in [-0.05, 0) is 64.1 Å². The molecule has 0 aromatic rings. The van der Waals surface area contributed by atoms with E-state index < -0.39 is 0 Å². The maximum atomic E-state index is 3.88. The van der Waals surface area contributed by atoms with Crippen molar-refractivity contribution >= 4 is 0 Å². The minimum absolute atomic E-state index is 0.446. The number of piperidine rings is 2. The molecular weight excluding hydrogens is 208 g/mol. The van der Waals surface area contributed by atoms with Crippen molar-refractivity contribution < 1.29 is 0 Å². The topological polar surface area (TPSA) is 15.3 Å². The molecule has 2 fully saturated rings. The van der Waals surface area contributed by atoms with E-state index in [1.165, 1.54) is 58.2 Å². The smallest absolute Gasteiger partial charge is 0.0207 e. The lowest BCUT2D eigenvalue weighted by molar-refractivity contribution is 0.107. The number of nitrogens with zero attached hydrogens (tertiary/aromatic N) is 1. The van der Waals surface area contributed by atoms with Crippen LogP contribution in [0, 0.1) is 11.8 Å². The van der Waals surface area contributed by atoms with Crippen LogP contribution in [0.1, 0.15) is 52.4 Å². The van der Waals surface area contributed by atoms with Crippen LogP contribution in [-0.4, -0.2) is 37.1 Å². The molecule has 0 bridgehead atoms. The standard InChI is InChI=1S/C15H30N2/c1-13(2)15(8-4-5-9-16-15)11-14-7-6-10-17(3)12-14/h13-14,16H,4-12H2,1-3H3. The van der Waals surface area contributed by atoms with Gasteiger partial charge in [0.15, 0.2) is 0 Å². The predicted molar refractivity (Wildman–Crippen MR) is 74.3 cm³/mol. The van der Waals surface area contributed by atoms with Gasteiger partial charge in [0, 0.05) is 12.1 Å². The first-order valence-electron chi connectivity index (χ1n) is 7.56. The SMILES string of the molecule is CC(C)C1(CC2CCCN(C)C2)CCCCN1. The first-order chi connectivity index (χ1) is 8.12. The molecule has 17 heavy (non-hydrogen) atoms. The van der Waals surface area contributed by atoms with Gasteiger partial charge in [-0.15, -0.1) is 0 Å². The molecule has 1 N–H and O–H groups in total. The van der Waals surface area contributed by atoms with Crippen molar-refractivity contribution in [3.63, 3.8) is 0 Å². The molecule has 0 amide bonds. The van der Waals surface area contributed by atoms with E-state index >= 15 is 0 Å². The van der Waals surface area contributed by atoms with Crippen LogP contribution in [0.5, 0.6) is 0 Å². The van der Waals surface area contributed by atoms with Crippen LogP contribution in [0.4, 0.5) is 0 Å². The Balaban J connectivity index is 1.96. The van der Waals surface area contributed by atoms with Crippen LogP contribution in [-0.2, 0) is 0 Å². The van der Waals surface area contributed by atoms with Gasteiger partial charge in [-0.1, -0.05) is 20.3 Å². The van der Waals surface area contributed by atoms with Gasteiger partial charge >= 0.3 is 0 Å². The Labute approximate surface area is 107 Å². The molecule has 100 valence electrons. The van der Waals surface area contributed by atoms with Crippen LogP contribution in [0.15, 0.2) is 0 Å². The Hall–Kier alpha value is -0.0800. The molecule has 2 aliphatic heterocycles. The Kier molecular flexibility index (Phi) is 4.48. The van der Waals surface area contributed by atoms with Crippen molar-refractivity contribution in [3.8, 4) is 0 Å². The van der Waals surface area contributed by atoms with Crippen molar-refractivity contribution in [3.05, 3.63) is 0 Å². The summed E-state index contributed by atoms with van der Waals surface area (Å²) in [5, 5.41) is 3.88. The summed E-state index contributed by atoms with van der Waals surface area (Å²) in [6.45, 7) is 8.67. The highest BCUT2D eigenvalue weighted by Gasteiger charge is 2.37. The van der Waals surface area contributed by atoms with Crippen molar-refractivity contribution in [2.24, 2.45) is 11.8 Å². The number of hydrogen-bond acceptors (Lipinski definition) is 2. The molecule has 0 saturated carbocycles. The number of likely N-dealkylation sites (tertiary alicyclic amines) is 1.